The highest BCUT2D eigenvalue weighted by atomic mass is 16.3. The second-order valence-corrected chi connectivity index (χ2v) is 4.10. The number of oxazole rings is 1. The minimum atomic E-state index is -0.00298. The number of carbonyl (C=O) groups is 1. The van der Waals surface area contributed by atoms with E-state index >= 15 is 0 Å². The van der Waals surface area contributed by atoms with Gasteiger partial charge in [-0.2, -0.15) is 0 Å². The van der Waals surface area contributed by atoms with Crippen molar-refractivity contribution in [3.63, 3.8) is 0 Å². The molecule has 18 heavy (non-hydrogen) atoms. The van der Waals surface area contributed by atoms with Crippen LogP contribution in [-0.4, -0.2) is 29.9 Å². The van der Waals surface area contributed by atoms with E-state index in [9.17, 15) is 4.79 Å². The first-order chi connectivity index (χ1) is 8.66. The molecule has 0 aliphatic heterocycles. The molecule has 0 saturated heterocycles. The maximum Gasteiger partial charge on any atom is 0.253 e. The van der Waals surface area contributed by atoms with E-state index < -0.39 is 0 Å². The van der Waals surface area contributed by atoms with Gasteiger partial charge in [0.15, 0.2) is 6.39 Å². The zero-order valence-corrected chi connectivity index (χ0v) is 10.4. The van der Waals surface area contributed by atoms with Crippen LogP contribution in [-0.2, 0) is 6.54 Å². The number of hydrogen-bond acceptors (Lipinski definition) is 4. The third kappa shape index (κ3) is 2.88. The lowest BCUT2D eigenvalue weighted by molar-refractivity contribution is 0.0827. The second-order valence-electron chi connectivity index (χ2n) is 4.10. The molecule has 0 saturated carbocycles. The summed E-state index contributed by atoms with van der Waals surface area (Å²) >= 11 is 0. The van der Waals surface area contributed by atoms with E-state index in [1.54, 1.807) is 37.3 Å². The molecule has 5 nitrogen and oxygen atoms in total. The summed E-state index contributed by atoms with van der Waals surface area (Å²) in [7, 11) is 3.47. The van der Waals surface area contributed by atoms with Crippen molar-refractivity contribution in [1.82, 2.24) is 9.88 Å². The smallest absolute Gasteiger partial charge is 0.253 e. The number of hydrogen-bond donors (Lipinski definition) is 1. The van der Waals surface area contributed by atoms with Gasteiger partial charge in [0, 0.05) is 25.3 Å². The largest absolute Gasteiger partial charge is 0.447 e. The van der Waals surface area contributed by atoms with Crippen LogP contribution in [0, 0.1) is 0 Å². The summed E-state index contributed by atoms with van der Waals surface area (Å²) < 4.78 is 5.11. The fourth-order valence-electron chi connectivity index (χ4n) is 1.51. The molecule has 1 N–H and O–H groups in total. The maximum absolute atomic E-state index is 11.7. The lowest BCUT2D eigenvalue weighted by Crippen LogP contribution is -2.21. The number of benzene rings is 1. The molecule has 0 aliphatic carbocycles. The summed E-state index contributed by atoms with van der Waals surface area (Å²) in [4.78, 5) is 17.1. The van der Waals surface area contributed by atoms with Gasteiger partial charge in [0.25, 0.3) is 5.91 Å². The van der Waals surface area contributed by atoms with Crippen LogP contribution in [0.3, 0.4) is 0 Å². The lowest BCUT2D eigenvalue weighted by Gasteiger charge is -2.10. The van der Waals surface area contributed by atoms with Crippen molar-refractivity contribution in [2.24, 2.45) is 0 Å². The highest BCUT2D eigenvalue weighted by Crippen LogP contribution is 2.12. The fraction of sp³-hybridized carbons (Fsp3) is 0.231. The molecule has 2 aromatic rings. The second kappa shape index (κ2) is 5.35. The van der Waals surface area contributed by atoms with Gasteiger partial charge in [0.05, 0.1) is 12.7 Å². The first-order valence-corrected chi connectivity index (χ1v) is 5.60. The van der Waals surface area contributed by atoms with Crippen LogP contribution < -0.4 is 5.32 Å². The first-order valence-electron chi connectivity index (χ1n) is 5.60. The molecule has 0 bridgehead atoms. The monoisotopic (exact) mass is 245 g/mol. The zero-order chi connectivity index (χ0) is 13.0. The van der Waals surface area contributed by atoms with E-state index in [1.807, 2.05) is 12.1 Å². The molecule has 0 fully saturated rings. The van der Waals surface area contributed by atoms with E-state index in [4.69, 9.17) is 4.42 Å². The Bertz CT molecular complexity index is 504. The Kier molecular flexibility index (Phi) is 3.62. The van der Waals surface area contributed by atoms with Crippen molar-refractivity contribution in [2.75, 3.05) is 19.4 Å². The molecule has 0 unspecified atom stereocenters. The topological polar surface area (TPSA) is 58.4 Å². The Morgan fingerprint density at radius 1 is 1.33 bits per heavy atom. The molecule has 0 radical (unpaired) electrons. The van der Waals surface area contributed by atoms with Gasteiger partial charge in [-0.3, -0.25) is 4.79 Å². The molecule has 1 amide bonds. The van der Waals surface area contributed by atoms with Gasteiger partial charge in [0.2, 0.25) is 0 Å². The summed E-state index contributed by atoms with van der Waals surface area (Å²) in [6.45, 7) is 0.570. The average molecular weight is 245 g/mol. The highest BCUT2D eigenvalue weighted by molar-refractivity contribution is 5.94. The highest BCUT2D eigenvalue weighted by Gasteiger charge is 2.07. The van der Waals surface area contributed by atoms with Crippen molar-refractivity contribution in [2.45, 2.75) is 6.54 Å². The van der Waals surface area contributed by atoms with Crippen molar-refractivity contribution in [3.8, 4) is 0 Å². The van der Waals surface area contributed by atoms with Crippen molar-refractivity contribution >= 4 is 11.6 Å². The van der Waals surface area contributed by atoms with E-state index in [0.717, 1.165) is 11.4 Å². The average Bonchev–Trinajstić information content (AvgIpc) is 2.89. The molecule has 2 rings (SSSR count). The van der Waals surface area contributed by atoms with Crippen LogP contribution in [0.5, 0.6) is 0 Å². The molecule has 5 heteroatoms. The van der Waals surface area contributed by atoms with Crippen molar-refractivity contribution in [1.29, 1.82) is 0 Å². The normalized spacial score (nSPS) is 10.1. The van der Waals surface area contributed by atoms with Gasteiger partial charge in [-0.25, -0.2) is 4.98 Å². The SMILES string of the molecule is CN(C)C(=O)c1ccc(NCc2cnco2)cc1. The van der Waals surface area contributed by atoms with Crippen LogP contribution in [0.4, 0.5) is 5.69 Å². The molecule has 1 heterocycles. The van der Waals surface area contributed by atoms with Crippen LogP contribution in [0.2, 0.25) is 0 Å². The van der Waals surface area contributed by atoms with Gasteiger partial charge in [-0.1, -0.05) is 0 Å². The summed E-state index contributed by atoms with van der Waals surface area (Å²) in [5.74, 6) is 0.764. The standard InChI is InChI=1S/C13H15N3O2/c1-16(2)13(17)10-3-5-11(6-4-10)15-8-12-7-14-9-18-12/h3-7,9,15H,8H2,1-2H3. The number of carbonyl (C=O) groups excluding carboxylic acids is 1. The van der Waals surface area contributed by atoms with E-state index in [-0.39, 0.29) is 5.91 Å². The predicted octanol–water partition coefficient (Wildman–Crippen LogP) is 1.99. The van der Waals surface area contributed by atoms with Gasteiger partial charge < -0.3 is 14.6 Å². The predicted molar refractivity (Wildman–Crippen MR) is 68.3 cm³/mol. The Hall–Kier alpha value is -2.30. The van der Waals surface area contributed by atoms with Crippen LogP contribution in [0.15, 0.2) is 41.3 Å². The quantitative estimate of drug-likeness (QED) is 0.895. The van der Waals surface area contributed by atoms with Crippen molar-refractivity contribution in [3.05, 3.63) is 48.2 Å². The van der Waals surface area contributed by atoms with Gasteiger partial charge in [-0.15, -0.1) is 0 Å². The van der Waals surface area contributed by atoms with E-state index in [0.29, 0.717) is 12.1 Å². The lowest BCUT2D eigenvalue weighted by atomic mass is 10.2. The molecule has 0 aliphatic rings. The molecular formula is C13H15N3O2. The van der Waals surface area contributed by atoms with Crippen LogP contribution in [0.1, 0.15) is 16.1 Å². The molecular weight excluding hydrogens is 230 g/mol. The van der Waals surface area contributed by atoms with Crippen LogP contribution >= 0.6 is 0 Å². The number of amides is 1. The van der Waals surface area contributed by atoms with Gasteiger partial charge in [0.1, 0.15) is 5.76 Å². The third-order valence-corrected chi connectivity index (χ3v) is 2.49. The first kappa shape index (κ1) is 12.2. The summed E-state index contributed by atoms with van der Waals surface area (Å²) in [6.07, 6.45) is 3.06. The third-order valence-electron chi connectivity index (χ3n) is 2.49. The van der Waals surface area contributed by atoms with E-state index in [1.165, 1.54) is 6.39 Å². The van der Waals surface area contributed by atoms with Crippen molar-refractivity contribution < 1.29 is 9.21 Å². The molecule has 1 aromatic heterocycles. The molecule has 0 spiro atoms. The molecule has 94 valence electrons. The number of anilines is 1. The number of nitrogens with one attached hydrogen (secondary N) is 1. The summed E-state index contributed by atoms with van der Waals surface area (Å²) in [5.41, 5.74) is 1.60. The molecule has 0 atom stereocenters. The van der Waals surface area contributed by atoms with Gasteiger partial charge >= 0.3 is 0 Å². The maximum atomic E-state index is 11.7. The number of rotatable bonds is 4. The Morgan fingerprint density at radius 2 is 2.06 bits per heavy atom. The fourth-order valence-corrected chi connectivity index (χ4v) is 1.51. The van der Waals surface area contributed by atoms with Gasteiger partial charge in [-0.05, 0) is 24.3 Å². The summed E-state index contributed by atoms with van der Waals surface area (Å²) in [6, 6.07) is 7.33. The minimum Gasteiger partial charge on any atom is -0.447 e. The summed E-state index contributed by atoms with van der Waals surface area (Å²) in [5, 5.41) is 3.18. The number of aromatic nitrogens is 1. The van der Waals surface area contributed by atoms with E-state index in [2.05, 4.69) is 10.3 Å². The Morgan fingerprint density at radius 3 is 2.61 bits per heavy atom. The minimum absolute atomic E-state index is 0.00298. The van der Waals surface area contributed by atoms with Crippen LogP contribution in [0.25, 0.3) is 0 Å². The Labute approximate surface area is 105 Å². The zero-order valence-electron chi connectivity index (χ0n) is 10.4. The molecule has 1 aromatic carbocycles. The Balaban J connectivity index is 1.97. The number of nitrogens with zero attached hydrogens (tertiary/aromatic N) is 2.